The first-order valence-corrected chi connectivity index (χ1v) is 7.45. The summed E-state index contributed by atoms with van der Waals surface area (Å²) < 4.78 is 8.10. The van der Waals surface area contributed by atoms with Gasteiger partial charge >= 0.3 is 0 Å². The highest BCUT2D eigenvalue weighted by Crippen LogP contribution is 2.29. The number of nitrogens with one attached hydrogen (secondary N) is 1. The van der Waals surface area contributed by atoms with Crippen molar-refractivity contribution in [2.45, 2.75) is 6.54 Å². The first-order chi connectivity index (χ1) is 11.2. The highest BCUT2D eigenvalue weighted by atomic mass is 79.9. The van der Waals surface area contributed by atoms with E-state index in [1.54, 1.807) is 18.5 Å². The fraction of sp³-hybridized carbons (Fsp3) is 0.0667. The topological polar surface area (TPSA) is 88.7 Å². The number of hydrogen-bond donors (Lipinski definition) is 1. The molecular weight excluding hydrogens is 360 g/mol. The second kappa shape index (κ2) is 6.89. The van der Waals surface area contributed by atoms with Crippen molar-refractivity contribution in [3.63, 3.8) is 0 Å². The third kappa shape index (κ3) is 3.84. The van der Waals surface area contributed by atoms with Crippen molar-refractivity contribution < 1.29 is 4.74 Å². The van der Waals surface area contributed by atoms with Gasteiger partial charge in [-0.3, -0.25) is 4.68 Å². The summed E-state index contributed by atoms with van der Waals surface area (Å²) in [5.41, 5.74) is 0.728. The lowest BCUT2D eigenvalue weighted by Crippen LogP contribution is -1.96. The summed E-state index contributed by atoms with van der Waals surface area (Å²) in [7, 11) is 0. The minimum absolute atomic E-state index is 0.196. The monoisotopic (exact) mass is 370 g/mol. The zero-order valence-electron chi connectivity index (χ0n) is 11.8. The minimum Gasteiger partial charge on any atom is -0.438 e. The summed E-state index contributed by atoms with van der Waals surface area (Å²) >= 11 is 3.42. The molecule has 7 nitrogen and oxygen atoms in total. The van der Waals surface area contributed by atoms with Crippen LogP contribution in [-0.4, -0.2) is 19.7 Å². The van der Waals surface area contributed by atoms with E-state index in [2.05, 4.69) is 36.3 Å². The molecule has 8 heteroatoms. The molecule has 2 heterocycles. The smallest absolute Gasteiger partial charge is 0.224 e. The van der Waals surface area contributed by atoms with E-state index >= 15 is 0 Å². The van der Waals surface area contributed by atoms with E-state index in [-0.39, 0.29) is 6.54 Å². The molecule has 1 aromatic carbocycles. The van der Waals surface area contributed by atoms with Crippen molar-refractivity contribution in [1.82, 2.24) is 19.7 Å². The summed E-state index contributed by atoms with van der Waals surface area (Å²) in [6.45, 7) is 0.196. The highest BCUT2D eigenvalue weighted by Gasteiger charge is 2.06. The lowest BCUT2D eigenvalue weighted by atomic mass is 10.3. The van der Waals surface area contributed by atoms with Crippen LogP contribution >= 0.6 is 15.9 Å². The fourth-order valence-corrected chi connectivity index (χ4v) is 2.20. The second-order valence-corrected chi connectivity index (χ2v) is 5.34. The summed E-state index contributed by atoms with van der Waals surface area (Å²) in [5, 5.41) is 15.8. The molecule has 0 saturated carbocycles. The molecular formula is C15H11BrN6O. The van der Waals surface area contributed by atoms with Gasteiger partial charge in [0.2, 0.25) is 5.88 Å². The molecule has 0 fully saturated rings. The van der Waals surface area contributed by atoms with Crippen molar-refractivity contribution in [3.05, 3.63) is 53.5 Å². The molecule has 0 spiro atoms. The van der Waals surface area contributed by atoms with Crippen LogP contribution in [0.1, 0.15) is 0 Å². The number of hydrogen-bond acceptors (Lipinski definition) is 6. The van der Waals surface area contributed by atoms with Crippen molar-refractivity contribution >= 4 is 27.4 Å². The molecule has 0 aliphatic rings. The molecule has 0 saturated heterocycles. The molecule has 3 rings (SSSR count). The van der Waals surface area contributed by atoms with Gasteiger partial charge in [0.05, 0.1) is 22.4 Å². The van der Waals surface area contributed by atoms with Crippen LogP contribution in [0, 0.1) is 11.3 Å². The molecule has 23 heavy (non-hydrogen) atoms. The molecule has 114 valence electrons. The maximum atomic E-state index is 8.65. The van der Waals surface area contributed by atoms with Crippen molar-refractivity contribution in [1.29, 1.82) is 5.26 Å². The van der Waals surface area contributed by atoms with E-state index in [1.165, 1.54) is 11.0 Å². The lowest BCUT2D eigenvalue weighted by molar-refractivity contribution is 0.459. The van der Waals surface area contributed by atoms with E-state index in [4.69, 9.17) is 10.00 Å². The predicted octanol–water partition coefficient (Wildman–Crippen LogP) is 3.50. The number of halogens is 1. The number of benzene rings is 1. The van der Waals surface area contributed by atoms with Gasteiger partial charge < -0.3 is 10.1 Å². The Morgan fingerprint density at radius 1 is 1.30 bits per heavy atom. The molecule has 0 amide bonds. The highest BCUT2D eigenvalue weighted by molar-refractivity contribution is 9.10. The Morgan fingerprint density at radius 3 is 3.00 bits per heavy atom. The van der Waals surface area contributed by atoms with Crippen molar-refractivity contribution in [2.75, 3.05) is 5.32 Å². The number of aromatic nitrogens is 4. The minimum atomic E-state index is 0.196. The van der Waals surface area contributed by atoms with Crippen LogP contribution in [-0.2, 0) is 6.54 Å². The molecule has 0 aliphatic heterocycles. The van der Waals surface area contributed by atoms with Crippen LogP contribution in [0.25, 0.3) is 0 Å². The van der Waals surface area contributed by atoms with Crippen molar-refractivity contribution in [2.24, 2.45) is 0 Å². The van der Waals surface area contributed by atoms with Gasteiger partial charge in [0.25, 0.3) is 0 Å². The van der Waals surface area contributed by atoms with Gasteiger partial charge in [-0.1, -0.05) is 12.1 Å². The Labute approximate surface area is 140 Å². The molecule has 0 atom stereocenters. The average Bonchev–Trinajstić information content (AvgIpc) is 2.98. The molecule has 1 N–H and O–H groups in total. The third-order valence-electron chi connectivity index (χ3n) is 2.83. The first-order valence-electron chi connectivity index (χ1n) is 6.65. The molecule has 0 radical (unpaired) electrons. The number of rotatable bonds is 5. The number of para-hydroxylation sites is 1. The van der Waals surface area contributed by atoms with Crippen LogP contribution in [0.2, 0.25) is 0 Å². The Hall–Kier alpha value is -2.92. The van der Waals surface area contributed by atoms with Crippen molar-refractivity contribution in [3.8, 4) is 17.7 Å². The van der Waals surface area contributed by atoms with Gasteiger partial charge in [-0.2, -0.15) is 10.4 Å². The standard InChI is InChI=1S/C15H11BrN6O/c16-12-3-1-2-4-13(12)23-15-7-14(18-10-19-15)21-11-8-20-22(9-11)6-5-17/h1-4,7-10H,6H2,(H,18,19,21). The molecule has 3 aromatic rings. The molecule has 2 aromatic heterocycles. The Balaban J connectivity index is 1.74. The number of anilines is 2. The zero-order chi connectivity index (χ0) is 16.1. The maximum absolute atomic E-state index is 8.65. The van der Waals surface area contributed by atoms with Crippen LogP contribution in [0.15, 0.2) is 53.5 Å². The van der Waals surface area contributed by atoms with E-state index in [0.29, 0.717) is 17.4 Å². The zero-order valence-corrected chi connectivity index (χ0v) is 13.4. The summed E-state index contributed by atoms with van der Waals surface area (Å²) in [5.74, 6) is 1.65. The quantitative estimate of drug-likeness (QED) is 0.739. The normalized spacial score (nSPS) is 10.1. The van der Waals surface area contributed by atoms with E-state index < -0.39 is 0 Å². The number of ether oxygens (including phenoxy) is 1. The van der Waals surface area contributed by atoms with Gasteiger partial charge in [-0.05, 0) is 28.1 Å². The fourth-order valence-electron chi connectivity index (χ4n) is 1.84. The molecule has 0 aliphatic carbocycles. The van der Waals surface area contributed by atoms with Gasteiger partial charge in [-0.25, -0.2) is 9.97 Å². The van der Waals surface area contributed by atoms with Crippen LogP contribution in [0.5, 0.6) is 11.6 Å². The van der Waals surface area contributed by atoms with E-state index in [9.17, 15) is 0 Å². The molecule has 0 unspecified atom stereocenters. The Kier molecular flexibility index (Phi) is 4.49. The van der Waals surface area contributed by atoms with Gasteiger partial charge in [0, 0.05) is 12.3 Å². The first kappa shape index (κ1) is 15.0. The largest absolute Gasteiger partial charge is 0.438 e. The Morgan fingerprint density at radius 2 is 2.17 bits per heavy atom. The average molecular weight is 371 g/mol. The molecule has 0 bridgehead atoms. The van der Waals surface area contributed by atoms with Gasteiger partial charge in [0.1, 0.15) is 24.4 Å². The summed E-state index contributed by atoms with van der Waals surface area (Å²) in [6, 6.07) is 11.2. The Bertz CT molecular complexity index is 857. The number of nitriles is 1. The second-order valence-electron chi connectivity index (χ2n) is 4.48. The summed E-state index contributed by atoms with van der Waals surface area (Å²) in [6.07, 6.45) is 4.75. The number of nitrogens with zero attached hydrogens (tertiary/aromatic N) is 5. The van der Waals surface area contributed by atoms with Gasteiger partial charge in [0.15, 0.2) is 0 Å². The van der Waals surface area contributed by atoms with Gasteiger partial charge in [-0.15, -0.1) is 0 Å². The van der Waals surface area contributed by atoms with Crippen LogP contribution < -0.4 is 10.1 Å². The van der Waals surface area contributed by atoms with E-state index in [1.807, 2.05) is 30.3 Å². The van der Waals surface area contributed by atoms with E-state index in [0.717, 1.165) is 10.2 Å². The third-order valence-corrected chi connectivity index (χ3v) is 3.49. The SMILES string of the molecule is N#CCn1cc(Nc2cc(Oc3ccccc3Br)ncn2)cn1. The summed E-state index contributed by atoms with van der Waals surface area (Å²) in [4.78, 5) is 8.23. The predicted molar refractivity (Wildman–Crippen MR) is 87.4 cm³/mol. The van der Waals surface area contributed by atoms with Crippen LogP contribution in [0.3, 0.4) is 0 Å². The lowest BCUT2D eigenvalue weighted by Gasteiger charge is -2.08. The van der Waals surface area contributed by atoms with Crippen LogP contribution in [0.4, 0.5) is 11.5 Å². The maximum Gasteiger partial charge on any atom is 0.224 e.